The number of aryl methyl sites for hydroxylation is 1. The fraction of sp³-hybridized carbons (Fsp3) is 0.632. The number of ether oxygens (including phenoxy) is 1. The van der Waals surface area contributed by atoms with Gasteiger partial charge in [-0.25, -0.2) is 4.99 Å². The van der Waals surface area contributed by atoms with Crippen LogP contribution in [0.1, 0.15) is 43.2 Å². The summed E-state index contributed by atoms with van der Waals surface area (Å²) in [5.74, 6) is 2.53. The number of aliphatic imine (C=N–C) groups is 1. The third-order valence-electron chi connectivity index (χ3n) is 4.97. The number of hydrogen-bond acceptors (Lipinski definition) is 5. The molecule has 0 aliphatic carbocycles. The average Bonchev–Trinajstić information content (AvgIpc) is 3.40. The van der Waals surface area contributed by atoms with Gasteiger partial charge in [-0.05, 0) is 31.2 Å². The lowest BCUT2D eigenvalue weighted by Crippen LogP contribution is -2.45. The van der Waals surface area contributed by atoms with Crippen LogP contribution in [0.15, 0.2) is 22.5 Å². The molecule has 2 aromatic rings. The Balaban J connectivity index is 0.00000280. The molecule has 1 fully saturated rings. The number of thiophene rings is 1. The smallest absolute Gasteiger partial charge is 0.191 e. The van der Waals surface area contributed by atoms with E-state index >= 15 is 0 Å². The molecule has 2 aromatic heterocycles. The van der Waals surface area contributed by atoms with Crippen molar-refractivity contribution in [1.29, 1.82) is 0 Å². The molecule has 1 unspecified atom stereocenters. The van der Waals surface area contributed by atoms with Crippen molar-refractivity contribution in [1.82, 2.24) is 25.4 Å². The Labute approximate surface area is 188 Å². The van der Waals surface area contributed by atoms with Crippen LogP contribution in [0.25, 0.3) is 0 Å². The van der Waals surface area contributed by atoms with Crippen molar-refractivity contribution in [3.8, 4) is 0 Å². The molecule has 3 rings (SSSR count). The first-order chi connectivity index (χ1) is 13.0. The first kappa shape index (κ1) is 23.1. The highest BCUT2D eigenvalue weighted by Gasteiger charge is 2.22. The zero-order chi connectivity index (χ0) is 19.3. The van der Waals surface area contributed by atoms with Gasteiger partial charge < -0.3 is 19.9 Å². The van der Waals surface area contributed by atoms with Crippen molar-refractivity contribution >= 4 is 41.3 Å². The molecule has 0 saturated carbocycles. The Morgan fingerprint density at radius 2 is 2.21 bits per heavy atom. The van der Waals surface area contributed by atoms with Crippen LogP contribution in [0.5, 0.6) is 0 Å². The topological polar surface area (TPSA) is 76.4 Å². The number of halogens is 1. The zero-order valence-electron chi connectivity index (χ0n) is 17.1. The maximum atomic E-state index is 5.72. The summed E-state index contributed by atoms with van der Waals surface area (Å²) in [5.41, 5.74) is 0.0296. The molecular weight excluding hydrogens is 487 g/mol. The summed E-state index contributed by atoms with van der Waals surface area (Å²) >= 11 is 1.79. The molecule has 9 heteroatoms. The largest absolute Gasteiger partial charge is 0.376 e. The van der Waals surface area contributed by atoms with Gasteiger partial charge in [0.25, 0.3) is 0 Å². The van der Waals surface area contributed by atoms with Crippen molar-refractivity contribution < 1.29 is 4.74 Å². The fourth-order valence-corrected chi connectivity index (χ4v) is 3.84. The van der Waals surface area contributed by atoms with Gasteiger partial charge >= 0.3 is 0 Å². The van der Waals surface area contributed by atoms with Gasteiger partial charge in [-0.2, -0.15) is 0 Å². The zero-order valence-corrected chi connectivity index (χ0v) is 20.2. The minimum atomic E-state index is 0. The fourth-order valence-electron chi connectivity index (χ4n) is 2.98. The van der Waals surface area contributed by atoms with E-state index in [9.17, 15) is 0 Å². The molecule has 28 heavy (non-hydrogen) atoms. The second-order valence-corrected chi connectivity index (χ2v) is 8.57. The minimum absolute atomic E-state index is 0. The second-order valence-electron chi connectivity index (χ2n) is 7.62. The molecule has 0 bridgehead atoms. The highest BCUT2D eigenvalue weighted by molar-refractivity contribution is 14.0. The van der Waals surface area contributed by atoms with Gasteiger partial charge in [-0.15, -0.1) is 45.5 Å². The van der Waals surface area contributed by atoms with Crippen LogP contribution in [0, 0.1) is 6.92 Å². The van der Waals surface area contributed by atoms with E-state index < -0.39 is 0 Å². The molecule has 156 valence electrons. The van der Waals surface area contributed by atoms with Crippen molar-refractivity contribution in [2.45, 2.75) is 51.7 Å². The maximum absolute atomic E-state index is 5.72. The van der Waals surface area contributed by atoms with E-state index in [2.05, 4.69) is 52.2 Å². The molecular formula is C19H31IN6OS. The third kappa shape index (κ3) is 6.15. The lowest BCUT2D eigenvalue weighted by molar-refractivity contribution is 0.113. The van der Waals surface area contributed by atoms with E-state index in [-0.39, 0.29) is 35.5 Å². The van der Waals surface area contributed by atoms with E-state index in [1.165, 1.54) is 4.88 Å². The van der Waals surface area contributed by atoms with Gasteiger partial charge in [0, 0.05) is 37.0 Å². The molecule has 0 amide bonds. The Morgan fingerprint density at radius 1 is 1.39 bits per heavy atom. The lowest BCUT2D eigenvalue weighted by atomic mass is 9.91. The van der Waals surface area contributed by atoms with Crippen LogP contribution in [-0.4, -0.2) is 46.5 Å². The van der Waals surface area contributed by atoms with E-state index in [4.69, 9.17) is 9.73 Å². The van der Waals surface area contributed by atoms with E-state index in [0.29, 0.717) is 6.54 Å². The molecule has 0 radical (unpaired) electrons. The molecule has 0 spiro atoms. The quantitative estimate of drug-likeness (QED) is 0.335. The summed E-state index contributed by atoms with van der Waals surface area (Å²) < 4.78 is 7.69. The van der Waals surface area contributed by atoms with Gasteiger partial charge in [0.1, 0.15) is 12.4 Å². The van der Waals surface area contributed by atoms with Crippen LogP contribution in [0.4, 0.5) is 0 Å². The van der Waals surface area contributed by atoms with E-state index in [1.807, 2.05) is 18.5 Å². The van der Waals surface area contributed by atoms with Crippen molar-refractivity contribution in [3.05, 3.63) is 34.0 Å². The first-order valence-corrected chi connectivity index (χ1v) is 10.4. The molecule has 1 atom stereocenters. The minimum Gasteiger partial charge on any atom is -0.376 e. The molecule has 3 heterocycles. The van der Waals surface area contributed by atoms with Gasteiger partial charge in [-0.3, -0.25) is 0 Å². The third-order valence-corrected chi connectivity index (χ3v) is 6.20. The standard InChI is InChI=1S/C19H30N6OS.HI/c1-14-23-24-17(25(14)4)12-21-18(20-11-15-7-5-9-26-15)22-13-19(2,3)16-8-6-10-27-16;/h6,8,10,15H,5,7,9,11-13H2,1-4H3,(H2,20,21,22);1H. The maximum Gasteiger partial charge on any atom is 0.191 e. The second kappa shape index (κ2) is 10.5. The predicted octanol–water partition coefficient (Wildman–Crippen LogP) is 3.00. The highest BCUT2D eigenvalue weighted by Crippen LogP contribution is 2.26. The van der Waals surface area contributed by atoms with Crippen molar-refractivity contribution in [2.24, 2.45) is 12.0 Å². The SMILES string of the molecule is Cc1nnc(CN=C(NCC2CCCO2)NCC(C)(C)c2cccs2)n1C.I. The Kier molecular flexibility index (Phi) is 8.69. The number of rotatable bonds is 7. The molecule has 1 saturated heterocycles. The average molecular weight is 518 g/mol. The highest BCUT2D eigenvalue weighted by atomic mass is 127. The van der Waals surface area contributed by atoms with Crippen molar-refractivity contribution in [3.63, 3.8) is 0 Å². The lowest BCUT2D eigenvalue weighted by Gasteiger charge is -2.25. The van der Waals surface area contributed by atoms with Crippen LogP contribution >= 0.6 is 35.3 Å². The number of nitrogens with zero attached hydrogens (tertiary/aromatic N) is 4. The molecule has 1 aliphatic heterocycles. The van der Waals surface area contributed by atoms with Crippen molar-refractivity contribution in [2.75, 3.05) is 19.7 Å². The van der Waals surface area contributed by atoms with Gasteiger partial charge in [0.15, 0.2) is 11.8 Å². The normalized spacial score (nSPS) is 17.4. The predicted molar refractivity (Wildman–Crippen MR) is 125 cm³/mol. The number of aromatic nitrogens is 3. The van der Waals surface area contributed by atoms with Crippen LogP contribution < -0.4 is 10.6 Å². The van der Waals surface area contributed by atoms with E-state index in [1.54, 1.807) is 11.3 Å². The molecule has 2 N–H and O–H groups in total. The van der Waals surface area contributed by atoms with Crippen LogP contribution in [-0.2, 0) is 23.7 Å². The van der Waals surface area contributed by atoms with Gasteiger partial charge in [-0.1, -0.05) is 19.9 Å². The Hall–Kier alpha value is -1.20. The number of guanidine groups is 1. The summed E-state index contributed by atoms with van der Waals surface area (Å²) in [7, 11) is 1.97. The summed E-state index contributed by atoms with van der Waals surface area (Å²) in [6.45, 7) is 9.34. The summed E-state index contributed by atoms with van der Waals surface area (Å²) in [6.07, 6.45) is 2.50. The summed E-state index contributed by atoms with van der Waals surface area (Å²) in [5, 5.41) is 17.4. The van der Waals surface area contributed by atoms with Gasteiger partial charge in [0.05, 0.1) is 6.10 Å². The summed E-state index contributed by atoms with van der Waals surface area (Å²) in [4.78, 5) is 6.09. The van der Waals surface area contributed by atoms with Crippen LogP contribution in [0.2, 0.25) is 0 Å². The van der Waals surface area contributed by atoms with Crippen LogP contribution in [0.3, 0.4) is 0 Å². The molecule has 0 aromatic carbocycles. The molecule has 7 nitrogen and oxygen atoms in total. The summed E-state index contributed by atoms with van der Waals surface area (Å²) in [6, 6.07) is 4.29. The number of nitrogens with one attached hydrogen (secondary N) is 2. The number of hydrogen-bond donors (Lipinski definition) is 2. The monoisotopic (exact) mass is 518 g/mol. The van der Waals surface area contributed by atoms with Gasteiger partial charge in [0.2, 0.25) is 0 Å². The first-order valence-electron chi connectivity index (χ1n) is 9.48. The Bertz CT molecular complexity index is 753. The Morgan fingerprint density at radius 3 is 2.82 bits per heavy atom. The van der Waals surface area contributed by atoms with E-state index in [0.717, 1.165) is 50.1 Å². The molecule has 1 aliphatic rings.